The van der Waals surface area contributed by atoms with E-state index in [1.54, 1.807) is 35.2 Å². The third kappa shape index (κ3) is 3.40. The molecule has 4 rings (SSSR count). The van der Waals surface area contributed by atoms with Gasteiger partial charge in [-0.2, -0.15) is 0 Å². The first-order valence-electron chi connectivity index (χ1n) is 8.98. The fourth-order valence-electron chi connectivity index (χ4n) is 3.72. The van der Waals surface area contributed by atoms with Gasteiger partial charge in [0.25, 0.3) is 5.91 Å². The van der Waals surface area contributed by atoms with Crippen molar-refractivity contribution in [2.24, 2.45) is 0 Å². The molecule has 1 amide bonds. The van der Waals surface area contributed by atoms with Crippen LogP contribution < -0.4 is 4.74 Å². The summed E-state index contributed by atoms with van der Waals surface area (Å²) in [7, 11) is 0. The molecular weight excluding hydrogens is 401 g/mol. The average Bonchev–Trinajstić information content (AvgIpc) is 3.00. The summed E-state index contributed by atoms with van der Waals surface area (Å²) in [5, 5.41) is 0.889. The molecule has 2 aromatic carbocycles. The number of carbonyl (C=O) groups excluding carboxylic acids is 3. The first-order chi connectivity index (χ1) is 13.5. The van der Waals surface area contributed by atoms with E-state index in [1.807, 2.05) is 6.07 Å². The zero-order valence-corrected chi connectivity index (χ0v) is 16.4. The van der Waals surface area contributed by atoms with Crippen molar-refractivity contribution in [1.29, 1.82) is 0 Å². The van der Waals surface area contributed by atoms with E-state index < -0.39 is 6.04 Å². The highest BCUT2D eigenvalue weighted by Gasteiger charge is 2.39. The Balaban J connectivity index is 1.55. The number of ether oxygens (including phenoxy) is 1. The number of carbonyl (C=O) groups is 3. The Hall–Kier alpha value is -2.37. The number of amides is 1. The number of benzene rings is 2. The Labute approximate surface area is 172 Å². The maximum atomic E-state index is 12.8. The molecule has 1 aliphatic carbocycles. The van der Waals surface area contributed by atoms with Crippen LogP contribution in [0, 0.1) is 0 Å². The molecule has 1 saturated carbocycles. The molecule has 1 fully saturated rings. The van der Waals surface area contributed by atoms with Gasteiger partial charge in [-0.25, -0.2) is 0 Å². The lowest BCUT2D eigenvalue weighted by Crippen LogP contribution is -2.44. The van der Waals surface area contributed by atoms with Gasteiger partial charge in [-0.05, 0) is 24.6 Å². The zero-order valence-electron chi connectivity index (χ0n) is 14.9. The summed E-state index contributed by atoms with van der Waals surface area (Å²) in [5.74, 6) is 0.121. The number of Topliss-reactive ketones (excluding diaryl/α,β-unsaturated/α-hetero) is 2. The van der Waals surface area contributed by atoms with Crippen LogP contribution in [-0.4, -0.2) is 28.4 Å². The predicted octanol–water partition coefficient (Wildman–Crippen LogP) is 4.22. The van der Waals surface area contributed by atoms with Gasteiger partial charge in [0.2, 0.25) is 0 Å². The van der Waals surface area contributed by atoms with Gasteiger partial charge in [0.05, 0.1) is 29.1 Å². The summed E-state index contributed by atoms with van der Waals surface area (Å²) in [6.07, 6.45) is 0.611. The van der Waals surface area contributed by atoms with E-state index >= 15 is 0 Å². The third-order valence-corrected chi connectivity index (χ3v) is 6.04. The topological polar surface area (TPSA) is 63.7 Å². The van der Waals surface area contributed by atoms with Crippen LogP contribution in [0.5, 0.6) is 5.75 Å². The molecule has 28 heavy (non-hydrogen) atoms. The fraction of sp³-hybridized carbons (Fsp3) is 0.286. The van der Waals surface area contributed by atoms with Gasteiger partial charge in [0, 0.05) is 23.1 Å². The smallest absolute Gasteiger partial charge is 0.255 e. The van der Waals surface area contributed by atoms with Gasteiger partial charge in [-0.15, -0.1) is 0 Å². The Morgan fingerprint density at radius 3 is 2.64 bits per heavy atom. The van der Waals surface area contributed by atoms with E-state index in [0.29, 0.717) is 34.2 Å². The maximum Gasteiger partial charge on any atom is 0.255 e. The van der Waals surface area contributed by atoms with E-state index in [9.17, 15) is 14.4 Å². The number of fused-ring (bicyclic) bond motifs is 1. The number of hydrogen-bond acceptors (Lipinski definition) is 4. The van der Waals surface area contributed by atoms with Crippen LogP contribution in [0.25, 0.3) is 0 Å². The molecular formula is C21H17Cl2NO4. The lowest BCUT2D eigenvalue weighted by Gasteiger charge is -2.29. The standard InChI is InChI=1S/C21H17Cl2NO4/c22-16-5-1-3-12(20(16)23)11-28-19-6-2-4-14-15(19)10-24(21(14)27)17-8-7-13(25)9-18(17)26/h1-6,17H,7-11H2. The summed E-state index contributed by atoms with van der Waals surface area (Å²) in [6, 6.07) is 10.1. The SMILES string of the molecule is O=C1CCC(N2Cc3c(OCc4cccc(Cl)c4Cl)cccc3C2=O)C(=O)C1. The molecule has 0 aromatic heterocycles. The molecule has 7 heteroatoms. The summed E-state index contributed by atoms with van der Waals surface area (Å²) in [4.78, 5) is 38.2. The summed E-state index contributed by atoms with van der Waals surface area (Å²) in [5.41, 5.74) is 2.02. The molecule has 0 radical (unpaired) electrons. The number of halogens is 2. The Kier molecular flexibility index (Phi) is 5.13. The number of ketones is 2. The van der Waals surface area contributed by atoms with Crippen LogP contribution in [0.3, 0.4) is 0 Å². The molecule has 1 aliphatic heterocycles. The van der Waals surface area contributed by atoms with Crippen LogP contribution in [0.1, 0.15) is 40.7 Å². The van der Waals surface area contributed by atoms with Crippen LogP contribution in [0.2, 0.25) is 10.0 Å². The highest BCUT2D eigenvalue weighted by molar-refractivity contribution is 6.42. The minimum absolute atomic E-state index is 0.0622. The molecule has 1 heterocycles. The van der Waals surface area contributed by atoms with Crippen LogP contribution in [-0.2, 0) is 22.7 Å². The van der Waals surface area contributed by atoms with Crippen LogP contribution >= 0.6 is 23.2 Å². The predicted molar refractivity (Wildman–Crippen MR) is 105 cm³/mol. The first kappa shape index (κ1) is 19.0. The van der Waals surface area contributed by atoms with Gasteiger partial charge in [-0.3, -0.25) is 14.4 Å². The second-order valence-electron chi connectivity index (χ2n) is 6.95. The number of hydrogen-bond donors (Lipinski definition) is 0. The molecule has 0 bridgehead atoms. The molecule has 0 N–H and O–H groups in total. The quantitative estimate of drug-likeness (QED) is 0.698. The second-order valence-corrected chi connectivity index (χ2v) is 7.74. The highest BCUT2D eigenvalue weighted by Crippen LogP contribution is 2.35. The molecule has 1 unspecified atom stereocenters. The highest BCUT2D eigenvalue weighted by atomic mass is 35.5. The largest absolute Gasteiger partial charge is 0.488 e. The Bertz CT molecular complexity index is 988. The lowest BCUT2D eigenvalue weighted by molar-refractivity contribution is -0.133. The Morgan fingerprint density at radius 1 is 1.07 bits per heavy atom. The molecule has 2 aromatic rings. The number of rotatable bonds is 4. The van der Waals surface area contributed by atoms with E-state index in [-0.39, 0.29) is 37.0 Å². The molecule has 144 valence electrons. The van der Waals surface area contributed by atoms with E-state index in [2.05, 4.69) is 0 Å². The minimum Gasteiger partial charge on any atom is -0.488 e. The van der Waals surface area contributed by atoms with Crippen molar-refractivity contribution in [2.45, 2.75) is 38.5 Å². The molecule has 1 atom stereocenters. The van der Waals surface area contributed by atoms with Crippen LogP contribution in [0.4, 0.5) is 0 Å². The average molecular weight is 418 g/mol. The second kappa shape index (κ2) is 7.57. The summed E-state index contributed by atoms with van der Waals surface area (Å²) < 4.78 is 5.94. The summed E-state index contributed by atoms with van der Waals surface area (Å²) in [6.45, 7) is 0.499. The third-order valence-electron chi connectivity index (χ3n) is 5.18. The summed E-state index contributed by atoms with van der Waals surface area (Å²) >= 11 is 12.3. The van der Waals surface area contributed by atoms with E-state index in [4.69, 9.17) is 27.9 Å². The van der Waals surface area contributed by atoms with Crippen LogP contribution in [0.15, 0.2) is 36.4 Å². The zero-order chi connectivity index (χ0) is 19.8. The van der Waals surface area contributed by atoms with Gasteiger partial charge >= 0.3 is 0 Å². The maximum absolute atomic E-state index is 12.8. The molecule has 2 aliphatic rings. The van der Waals surface area contributed by atoms with Crippen molar-refractivity contribution in [3.63, 3.8) is 0 Å². The van der Waals surface area contributed by atoms with Crippen molar-refractivity contribution in [3.05, 3.63) is 63.1 Å². The molecule has 5 nitrogen and oxygen atoms in total. The minimum atomic E-state index is -0.548. The first-order valence-corrected chi connectivity index (χ1v) is 9.74. The van der Waals surface area contributed by atoms with Gasteiger partial charge < -0.3 is 9.64 Å². The lowest BCUT2D eigenvalue weighted by atomic mass is 9.92. The van der Waals surface area contributed by atoms with Gasteiger partial charge in [0.15, 0.2) is 5.78 Å². The van der Waals surface area contributed by atoms with Gasteiger partial charge in [-0.1, -0.05) is 41.4 Å². The molecule has 0 saturated heterocycles. The monoisotopic (exact) mass is 417 g/mol. The molecule has 0 spiro atoms. The fourth-order valence-corrected chi connectivity index (χ4v) is 4.09. The van der Waals surface area contributed by atoms with Crippen molar-refractivity contribution in [2.75, 3.05) is 0 Å². The van der Waals surface area contributed by atoms with Crippen molar-refractivity contribution in [3.8, 4) is 5.75 Å². The number of nitrogens with zero attached hydrogens (tertiary/aromatic N) is 1. The Morgan fingerprint density at radius 2 is 1.86 bits per heavy atom. The van der Waals surface area contributed by atoms with Gasteiger partial charge in [0.1, 0.15) is 18.1 Å². The van der Waals surface area contributed by atoms with Crippen molar-refractivity contribution >= 4 is 40.7 Å². The normalized spacial score (nSPS) is 19.1. The van der Waals surface area contributed by atoms with E-state index in [1.165, 1.54) is 0 Å². The van der Waals surface area contributed by atoms with E-state index in [0.717, 1.165) is 11.1 Å². The van der Waals surface area contributed by atoms with Crippen molar-refractivity contribution < 1.29 is 19.1 Å². The van der Waals surface area contributed by atoms with Crippen molar-refractivity contribution in [1.82, 2.24) is 4.90 Å².